The minimum Gasteiger partial charge on any atom is -0.497 e. The number of anilines is 1. The predicted molar refractivity (Wildman–Crippen MR) is 130 cm³/mol. The van der Waals surface area contributed by atoms with Crippen LogP contribution in [-0.4, -0.2) is 48.2 Å². The van der Waals surface area contributed by atoms with Crippen molar-refractivity contribution in [2.45, 2.75) is 11.8 Å². The SMILES string of the molecule is COc1ccc(S(=O)(=O)N(CC(=O)NCCOc2ccc(C)cc2)c2ccccc2OC)cc1. The Kier molecular flexibility index (Phi) is 8.37. The number of hydrogen-bond donors (Lipinski definition) is 1. The van der Waals surface area contributed by atoms with E-state index in [-0.39, 0.29) is 23.7 Å². The van der Waals surface area contributed by atoms with Crippen LogP contribution in [0.15, 0.2) is 77.7 Å². The van der Waals surface area contributed by atoms with Crippen molar-refractivity contribution in [1.29, 1.82) is 0 Å². The van der Waals surface area contributed by atoms with Gasteiger partial charge in [-0.05, 0) is 55.5 Å². The summed E-state index contributed by atoms with van der Waals surface area (Å²) in [6.07, 6.45) is 0. The van der Waals surface area contributed by atoms with Crippen LogP contribution in [0.3, 0.4) is 0 Å². The van der Waals surface area contributed by atoms with Crippen LogP contribution >= 0.6 is 0 Å². The van der Waals surface area contributed by atoms with Crippen molar-refractivity contribution in [1.82, 2.24) is 5.32 Å². The van der Waals surface area contributed by atoms with Crippen molar-refractivity contribution in [2.24, 2.45) is 0 Å². The number of sulfonamides is 1. The molecular weight excluding hydrogens is 456 g/mol. The maximum atomic E-state index is 13.5. The zero-order valence-electron chi connectivity index (χ0n) is 19.4. The number of methoxy groups -OCH3 is 2. The average Bonchev–Trinajstić information content (AvgIpc) is 2.86. The molecule has 0 spiro atoms. The molecule has 0 aromatic heterocycles. The Labute approximate surface area is 200 Å². The van der Waals surface area contributed by atoms with E-state index in [2.05, 4.69) is 5.32 Å². The van der Waals surface area contributed by atoms with Crippen molar-refractivity contribution in [3.63, 3.8) is 0 Å². The molecule has 9 heteroatoms. The summed E-state index contributed by atoms with van der Waals surface area (Å²) >= 11 is 0. The second-order valence-corrected chi connectivity index (χ2v) is 9.23. The minimum atomic E-state index is -4.08. The Balaban J connectivity index is 1.75. The lowest BCUT2D eigenvalue weighted by Crippen LogP contribution is -2.42. The number of rotatable bonds is 11. The number of hydrogen-bond acceptors (Lipinski definition) is 6. The van der Waals surface area contributed by atoms with E-state index >= 15 is 0 Å². The number of amides is 1. The van der Waals surface area contributed by atoms with E-state index in [4.69, 9.17) is 14.2 Å². The quantitative estimate of drug-likeness (QED) is 0.419. The van der Waals surface area contributed by atoms with Gasteiger partial charge in [-0.2, -0.15) is 0 Å². The van der Waals surface area contributed by atoms with Gasteiger partial charge >= 0.3 is 0 Å². The lowest BCUT2D eigenvalue weighted by molar-refractivity contribution is -0.119. The monoisotopic (exact) mass is 484 g/mol. The number of ether oxygens (including phenoxy) is 3. The molecule has 3 aromatic carbocycles. The molecule has 3 rings (SSSR count). The van der Waals surface area contributed by atoms with E-state index in [9.17, 15) is 13.2 Å². The molecular formula is C25H28N2O6S. The Bertz CT molecular complexity index is 1190. The smallest absolute Gasteiger partial charge is 0.264 e. The molecule has 0 fully saturated rings. The third-order valence-electron chi connectivity index (χ3n) is 5.00. The fraction of sp³-hybridized carbons (Fsp3) is 0.240. The number of carbonyl (C=O) groups is 1. The topological polar surface area (TPSA) is 94.2 Å². The molecule has 180 valence electrons. The van der Waals surface area contributed by atoms with Gasteiger partial charge in [-0.3, -0.25) is 9.10 Å². The number of carbonyl (C=O) groups excluding carboxylic acids is 1. The molecule has 8 nitrogen and oxygen atoms in total. The highest BCUT2D eigenvalue weighted by Gasteiger charge is 2.29. The molecule has 3 aromatic rings. The molecule has 0 saturated carbocycles. The first-order valence-electron chi connectivity index (χ1n) is 10.6. The summed E-state index contributed by atoms with van der Waals surface area (Å²) in [6, 6.07) is 20.2. The lowest BCUT2D eigenvalue weighted by Gasteiger charge is -2.25. The van der Waals surface area contributed by atoms with Gasteiger partial charge in [0.15, 0.2) is 0 Å². The van der Waals surface area contributed by atoms with Crippen molar-refractivity contribution >= 4 is 21.6 Å². The van der Waals surface area contributed by atoms with Crippen LogP contribution in [0.4, 0.5) is 5.69 Å². The third kappa shape index (κ3) is 6.20. The molecule has 0 aliphatic rings. The standard InChI is InChI=1S/C25H28N2O6S/c1-19-8-10-21(11-9-19)33-17-16-26-25(28)18-27(23-6-4-5-7-24(23)32-3)34(29,30)22-14-12-20(31-2)13-15-22/h4-15H,16-18H2,1-3H3,(H,26,28). The molecule has 0 aliphatic carbocycles. The van der Waals surface area contributed by atoms with Crippen LogP contribution in [0, 0.1) is 6.92 Å². The van der Waals surface area contributed by atoms with Crippen molar-refractivity contribution in [3.8, 4) is 17.2 Å². The van der Waals surface area contributed by atoms with E-state index in [0.29, 0.717) is 17.2 Å². The van der Waals surface area contributed by atoms with Gasteiger partial charge in [0.05, 0.1) is 31.3 Å². The van der Waals surface area contributed by atoms with E-state index in [1.165, 1.54) is 26.4 Å². The second kappa shape index (κ2) is 11.4. The minimum absolute atomic E-state index is 0.0229. The summed E-state index contributed by atoms with van der Waals surface area (Å²) in [5, 5.41) is 2.71. The summed E-state index contributed by atoms with van der Waals surface area (Å²) in [4.78, 5) is 12.8. The first-order valence-corrected chi connectivity index (χ1v) is 12.0. The van der Waals surface area contributed by atoms with Crippen molar-refractivity contribution in [2.75, 3.05) is 38.2 Å². The molecule has 0 bridgehead atoms. The lowest BCUT2D eigenvalue weighted by atomic mass is 10.2. The molecule has 0 saturated heterocycles. The molecule has 0 unspecified atom stereocenters. The van der Waals surface area contributed by atoms with Crippen LogP contribution in [0.5, 0.6) is 17.2 Å². The summed E-state index contributed by atoms with van der Waals surface area (Å²) in [5.41, 5.74) is 1.38. The van der Waals surface area contributed by atoms with Gasteiger partial charge in [0, 0.05) is 0 Å². The first kappa shape index (κ1) is 24.9. The maximum Gasteiger partial charge on any atom is 0.264 e. The Morgan fingerprint density at radius 1 is 0.882 bits per heavy atom. The summed E-state index contributed by atoms with van der Waals surface area (Å²) in [5.74, 6) is 1.07. The molecule has 0 atom stereocenters. The van der Waals surface area contributed by atoms with Crippen LogP contribution < -0.4 is 23.8 Å². The normalized spacial score (nSPS) is 10.9. The maximum absolute atomic E-state index is 13.5. The summed E-state index contributed by atoms with van der Waals surface area (Å²) in [7, 11) is -1.14. The van der Waals surface area contributed by atoms with E-state index in [1.807, 2.05) is 31.2 Å². The average molecular weight is 485 g/mol. The van der Waals surface area contributed by atoms with Crippen molar-refractivity contribution in [3.05, 3.63) is 78.4 Å². The number of aryl methyl sites for hydroxylation is 1. The largest absolute Gasteiger partial charge is 0.497 e. The molecule has 1 N–H and O–H groups in total. The molecule has 34 heavy (non-hydrogen) atoms. The molecule has 0 radical (unpaired) electrons. The highest BCUT2D eigenvalue weighted by atomic mass is 32.2. The zero-order valence-corrected chi connectivity index (χ0v) is 20.2. The second-order valence-electron chi connectivity index (χ2n) is 7.37. The van der Waals surface area contributed by atoms with Crippen LogP contribution in [0.2, 0.25) is 0 Å². The number of nitrogens with zero attached hydrogens (tertiary/aromatic N) is 1. The van der Waals surface area contributed by atoms with Gasteiger partial charge < -0.3 is 19.5 Å². The highest BCUT2D eigenvalue weighted by Crippen LogP contribution is 2.32. The van der Waals surface area contributed by atoms with E-state index in [1.54, 1.807) is 36.4 Å². The van der Waals surface area contributed by atoms with E-state index in [0.717, 1.165) is 9.87 Å². The first-order chi connectivity index (χ1) is 16.3. The fourth-order valence-corrected chi connectivity index (χ4v) is 4.62. The highest BCUT2D eigenvalue weighted by molar-refractivity contribution is 7.92. The van der Waals surface area contributed by atoms with Gasteiger partial charge in [-0.1, -0.05) is 29.8 Å². The Morgan fingerprint density at radius 3 is 2.18 bits per heavy atom. The number of benzene rings is 3. The van der Waals surface area contributed by atoms with Crippen LogP contribution in [0.25, 0.3) is 0 Å². The van der Waals surface area contributed by atoms with Gasteiger partial charge in [0.1, 0.15) is 30.4 Å². The molecule has 0 heterocycles. The zero-order chi connectivity index (χ0) is 24.6. The van der Waals surface area contributed by atoms with Gasteiger partial charge in [0.2, 0.25) is 5.91 Å². The van der Waals surface area contributed by atoms with Crippen LogP contribution in [0.1, 0.15) is 5.56 Å². The van der Waals surface area contributed by atoms with Crippen LogP contribution in [-0.2, 0) is 14.8 Å². The number of para-hydroxylation sites is 2. The van der Waals surface area contributed by atoms with Gasteiger partial charge in [0.25, 0.3) is 10.0 Å². The Hall–Kier alpha value is -3.72. The molecule has 0 aliphatic heterocycles. The predicted octanol–water partition coefficient (Wildman–Crippen LogP) is 3.40. The summed E-state index contributed by atoms with van der Waals surface area (Å²) in [6.45, 7) is 2.01. The van der Waals surface area contributed by atoms with Gasteiger partial charge in [-0.15, -0.1) is 0 Å². The third-order valence-corrected chi connectivity index (χ3v) is 6.78. The summed E-state index contributed by atoms with van der Waals surface area (Å²) < 4.78 is 44.1. The van der Waals surface area contributed by atoms with E-state index < -0.39 is 22.5 Å². The van der Waals surface area contributed by atoms with Crippen molar-refractivity contribution < 1.29 is 27.4 Å². The fourth-order valence-electron chi connectivity index (χ4n) is 3.19. The van der Waals surface area contributed by atoms with Gasteiger partial charge in [-0.25, -0.2) is 8.42 Å². The molecule has 1 amide bonds. The Morgan fingerprint density at radius 2 is 1.53 bits per heavy atom. The number of nitrogens with one attached hydrogen (secondary N) is 1.